The molecule has 1 N–H and O–H groups in total. The minimum Gasteiger partial charge on any atom is -0.388 e. The standard InChI is InChI=1S/C10H16N4O2/c1-10(16)3-2-4-13(6-10)9(15)5-14-8-11-7-12-14/h7-8,16H,2-6H2,1H3. The average Bonchev–Trinajstić information content (AvgIpc) is 2.69. The first-order valence-electron chi connectivity index (χ1n) is 5.39. The van der Waals surface area contributed by atoms with Crippen LogP contribution in [0.4, 0.5) is 0 Å². The highest BCUT2D eigenvalue weighted by atomic mass is 16.3. The lowest BCUT2D eigenvalue weighted by molar-refractivity contribution is -0.138. The summed E-state index contributed by atoms with van der Waals surface area (Å²) in [6.45, 7) is 3.07. The molecule has 2 heterocycles. The van der Waals surface area contributed by atoms with Crippen molar-refractivity contribution in [3.63, 3.8) is 0 Å². The number of aliphatic hydroxyl groups is 1. The molecular formula is C10H16N4O2. The largest absolute Gasteiger partial charge is 0.388 e. The molecule has 1 unspecified atom stereocenters. The molecule has 1 aliphatic heterocycles. The first-order chi connectivity index (χ1) is 7.57. The Balaban J connectivity index is 1.94. The Morgan fingerprint density at radius 1 is 1.62 bits per heavy atom. The average molecular weight is 224 g/mol. The van der Waals surface area contributed by atoms with E-state index in [9.17, 15) is 9.90 Å². The van der Waals surface area contributed by atoms with E-state index in [1.165, 1.54) is 17.3 Å². The number of amides is 1. The van der Waals surface area contributed by atoms with Crippen LogP contribution in [-0.4, -0.2) is 49.4 Å². The normalized spacial score (nSPS) is 25.8. The Bertz CT molecular complexity index is 361. The van der Waals surface area contributed by atoms with Gasteiger partial charge in [-0.1, -0.05) is 0 Å². The third-order valence-electron chi connectivity index (χ3n) is 2.79. The van der Waals surface area contributed by atoms with Crippen LogP contribution in [0.2, 0.25) is 0 Å². The fourth-order valence-electron chi connectivity index (χ4n) is 1.99. The number of hydrogen-bond donors (Lipinski definition) is 1. The van der Waals surface area contributed by atoms with Crippen molar-refractivity contribution >= 4 is 5.91 Å². The molecule has 6 nitrogen and oxygen atoms in total. The Hall–Kier alpha value is -1.43. The summed E-state index contributed by atoms with van der Waals surface area (Å²) in [5.74, 6) is -0.0227. The molecule has 2 rings (SSSR count). The topological polar surface area (TPSA) is 71.2 Å². The van der Waals surface area contributed by atoms with Crippen molar-refractivity contribution in [2.45, 2.75) is 31.9 Å². The first kappa shape index (κ1) is 11.1. The molecule has 88 valence electrons. The van der Waals surface area contributed by atoms with Crippen molar-refractivity contribution in [3.8, 4) is 0 Å². The van der Waals surface area contributed by atoms with Gasteiger partial charge in [-0.3, -0.25) is 4.79 Å². The van der Waals surface area contributed by atoms with Crippen molar-refractivity contribution < 1.29 is 9.90 Å². The molecule has 1 fully saturated rings. The predicted molar refractivity (Wildman–Crippen MR) is 56.5 cm³/mol. The number of rotatable bonds is 2. The third kappa shape index (κ3) is 2.57. The minimum atomic E-state index is -0.754. The van der Waals surface area contributed by atoms with E-state index in [0.29, 0.717) is 13.1 Å². The van der Waals surface area contributed by atoms with Gasteiger partial charge in [0.2, 0.25) is 5.91 Å². The van der Waals surface area contributed by atoms with Crippen LogP contribution >= 0.6 is 0 Å². The first-order valence-corrected chi connectivity index (χ1v) is 5.39. The number of carbonyl (C=O) groups excluding carboxylic acids is 1. The number of likely N-dealkylation sites (tertiary alicyclic amines) is 1. The molecule has 1 saturated heterocycles. The molecule has 1 aromatic rings. The highest BCUT2D eigenvalue weighted by Gasteiger charge is 2.30. The maximum absolute atomic E-state index is 11.9. The third-order valence-corrected chi connectivity index (χ3v) is 2.79. The summed E-state index contributed by atoms with van der Waals surface area (Å²) in [6.07, 6.45) is 4.51. The van der Waals surface area contributed by atoms with Gasteiger partial charge < -0.3 is 10.0 Å². The van der Waals surface area contributed by atoms with Crippen LogP contribution in [0, 0.1) is 0 Å². The van der Waals surface area contributed by atoms with Gasteiger partial charge in [0.15, 0.2) is 0 Å². The maximum Gasteiger partial charge on any atom is 0.244 e. The van der Waals surface area contributed by atoms with Crippen molar-refractivity contribution in [3.05, 3.63) is 12.7 Å². The van der Waals surface area contributed by atoms with Crippen molar-refractivity contribution in [2.75, 3.05) is 13.1 Å². The van der Waals surface area contributed by atoms with E-state index in [2.05, 4.69) is 10.1 Å². The Kier molecular flexibility index (Phi) is 2.91. The van der Waals surface area contributed by atoms with Crippen molar-refractivity contribution in [1.29, 1.82) is 0 Å². The lowest BCUT2D eigenvalue weighted by Gasteiger charge is -2.36. The van der Waals surface area contributed by atoms with Crippen molar-refractivity contribution in [1.82, 2.24) is 19.7 Å². The molecule has 0 radical (unpaired) electrons. The zero-order chi connectivity index (χ0) is 11.6. The quantitative estimate of drug-likeness (QED) is 0.745. The van der Waals surface area contributed by atoms with Crippen molar-refractivity contribution in [2.24, 2.45) is 0 Å². The predicted octanol–water partition coefficient (Wildman–Crippen LogP) is -0.349. The van der Waals surface area contributed by atoms with E-state index in [1.807, 2.05) is 0 Å². The summed E-state index contributed by atoms with van der Waals surface area (Å²) in [6, 6.07) is 0. The fourth-order valence-corrected chi connectivity index (χ4v) is 1.99. The fraction of sp³-hybridized carbons (Fsp3) is 0.700. The van der Waals surface area contributed by atoms with Gasteiger partial charge in [0.25, 0.3) is 0 Å². The Morgan fingerprint density at radius 2 is 2.44 bits per heavy atom. The maximum atomic E-state index is 11.9. The highest BCUT2D eigenvalue weighted by molar-refractivity contribution is 5.76. The molecule has 0 aromatic carbocycles. The zero-order valence-corrected chi connectivity index (χ0v) is 9.33. The Labute approximate surface area is 93.9 Å². The minimum absolute atomic E-state index is 0.0227. The number of hydrogen-bond acceptors (Lipinski definition) is 4. The van der Waals surface area contributed by atoms with Gasteiger partial charge in [-0.15, -0.1) is 0 Å². The second kappa shape index (κ2) is 4.21. The monoisotopic (exact) mass is 224 g/mol. The number of aromatic nitrogens is 3. The number of piperidine rings is 1. The van der Waals surface area contributed by atoms with E-state index < -0.39 is 5.60 Å². The van der Waals surface area contributed by atoms with Gasteiger partial charge in [0, 0.05) is 13.1 Å². The van der Waals surface area contributed by atoms with E-state index in [-0.39, 0.29) is 12.5 Å². The van der Waals surface area contributed by atoms with Gasteiger partial charge in [0.05, 0.1) is 5.60 Å². The summed E-state index contributed by atoms with van der Waals surface area (Å²) in [7, 11) is 0. The van der Waals surface area contributed by atoms with Crippen LogP contribution in [-0.2, 0) is 11.3 Å². The summed E-state index contributed by atoms with van der Waals surface area (Å²) in [4.78, 5) is 17.3. The summed E-state index contributed by atoms with van der Waals surface area (Å²) < 4.78 is 1.49. The molecule has 16 heavy (non-hydrogen) atoms. The van der Waals surface area contributed by atoms with Crippen LogP contribution in [0.3, 0.4) is 0 Å². The van der Waals surface area contributed by atoms with E-state index >= 15 is 0 Å². The van der Waals surface area contributed by atoms with Gasteiger partial charge in [0.1, 0.15) is 19.2 Å². The SMILES string of the molecule is CC1(O)CCCN(C(=O)Cn2cncn2)C1. The van der Waals surface area contributed by atoms with Gasteiger partial charge >= 0.3 is 0 Å². The van der Waals surface area contributed by atoms with Gasteiger partial charge in [-0.05, 0) is 19.8 Å². The zero-order valence-electron chi connectivity index (χ0n) is 9.33. The summed E-state index contributed by atoms with van der Waals surface area (Å²) in [5.41, 5.74) is -0.754. The van der Waals surface area contributed by atoms with E-state index in [1.54, 1.807) is 11.8 Å². The lowest BCUT2D eigenvalue weighted by Crippen LogP contribution is -2.49. The molecule has 6 heteroatoms. The number of nitrogens with zero attached hydrogens (tertiary/aromatic N) is 4. The molecule has 0 aliphatic carbocycles. The lowest BCUT2D eigenvalue weighted by atomic mass is 9.95. The van der Waals surface area contributed by atoms with Crippen LogP contribution in [0.5, 0.6) is 0 Å². The molecule has 0 spiro atoms. The second-order valence-corrected chi connectivity index (χ2v) is 4.51. The van der Waals surface area contributed by atoms with Crippen LogP contribution in [0.1, 0.15) is 19.8 Å². The van der Waals surface area contributed by atoms with E-state index in [4.69, 9.17) is 0 Å². The summed E-state index contributed by atoms with van der Waals surface area (Å²) in [5, 5.41) is 13.8. The number of carbonyl (C=O) groups is 1. The molecule has 1 aliphatic rings. The van der Waals surface area contributed by atoms with E-state index in [0.717, 1.165) is 12.8 Å². The van der Waals surface area contributed by atoms with Crippen LogP contribution in [0.25, 0.3) is 0 Å². The van der Waals surface area contributed by atoms with Crippen LogP contribution in [0.15, 0.2) is 12.7 Å². The molecule has 1 amide bonds. The summed E-state index contributed by atoms with van der Waals surface area (Å²) >= 11 is 0. The highest BCUT2D eigenvalue weighted by Crippen LogP contribution is 2.20. The molecule has 0 bridgehead atoms. The molecule has 1 atom stereocenters. The molecule has 0 saturated carbocycles. The smallest absolute Gasteiger partial charge is 0.244 e. The number of β-amino-alcohol motifs (C(OH)–C–C–N with tert-alkyl or cyclic N) is 1. The second-order valence-electron chi connectivity index (χ2n) is 4.51. The Morgan fingerprint density at radius 3 is 3.06 bits per heavy atom. The van der Waals surface area contributed by atoms with Gasteiger partial charge in [-0.25, -0.2) is 9.67 Å². The van der Waals surface area contributed by atoms with Gasteiger partial charge in [-0.2, -0.15) is 5.10 Å². The molecule has 1 aromatic heterocycles. The molecular weight excluding hydrogens is 208 g/mol. The van der Waals surface area contributed by atoms with Crippen LogP contribution < -0.4 is 0 Å².